The quantitative estimate of drug-likeness (QED) is 0.697. The molecule has 1 aromatic carbocycles. The number of fused-ring (bicyclic) bond motifs is 2. The Labute approximate surface area is 196 Å². The third kappa shape index (κ3) is 4.35. The zero-order valence-corrected chi connectivity index (χ0v) is 19.8. The predicted octanol–water partition coefficient (Wildman–Crippen LogP) is 4.51. The highest BCUT2D eigenvalue weighted by Gasteiger charge is 2.37. The van der Waals surface area contributed by atoms with Crippen LogP contribution in [-0.4, -0.2) is 39.7 Å². The van der Waals surface area contributed by atoms with Gasteiger partial charge in [0.2, 0.25) is 12.7 Å². The van der Waals surface area contributed by atoms with Crippen LogP contribution in [0.3, 0.4) is 0 Å². The molecule has 1 saturated carbocycles. The Morgan fingerprint density at radius 2 is 1.97 bits per heavy atom. The number of carbonyl (C=O) groups is 1. The Balaban J connectivity index is 1.46. The number of carbonyl (C=O) groups excluding carboxylic acids is 1. The second kappa shape index (κ2) is 9.37. The van der Waals surface area contributed by atoms with Crippen LogP contribution in [0, 0.1) is 11.8 Å². The van der Waals surface area contributed by atoms with E-state index in [1.54, 1.807) is 0 Å². The summed E-state index contributed by atoms with van der Waals surface area (Å²) in [5, 5.41) is 0. The molecule has 3 heterocycles. The number of nitrogens with two attached hydrogens (primary N) is 1. The molecule has 1 aliphatic carbocycles. The minimum absolute atomic E-state index is 0.0211. The highest BCUT2D eigenvalue weighted by atomic mass is 16.7. The van der Waals surface area contributed by atoms with Crippen LogP contribution in [0.2, 0.25) is 0 Å². The summed E-state index contributed by atoms with van der Waals surface area (Å²) >= 11 is 0. The van der Waals surface area contributed by atoms with E-state index in [1.165, 1.54) is 32.1 Å². The van der Waals surface area contributed by atoms with Crippen molar-refractivity contribution in [2.45, 2.75) is 77.4 Å². The van der Waals surface area contributed by atoms with E-state index in [9.17, 15) is 4.79 Å². The highest BCUT2D eigenvalue weighted by molar-refractivity contribution is 5.82. The number of rotatable bonds is 6. The van der Waals surface area contributed by atoms with E-state index in [0.717, 1.165) is 48.0 Å². The summed E-state index contributed by atoms with van der Waals surface area (Å²) in [6, 6.07) is 5.48. The van der Waals surface area contributed by atoms with E-state index in [2.05, 4.69) is 24.6 Å². The van der Waals surface area contributed by atoms with E-state index in [-0.39, 0.29) is 24.7 Å². The molecule has 3 atom stereocenters. The maximum atomic E-state index is 13.5. The Morgan fingerprint density at radius 1 is 1.18 bits per heavy atom. The van der Waals surface area contributed by atoms with Gasteiger partial charge in [-0.05, 0) is 36.5 Å². The predicted molar refractivity (Wildman–Crippen MR) is 127 cm³/mol. The van der Waals surface area contributed by atoms with Gasteiger partial charge in [0.05, 0.1) is 17.8 Å². The average molecular weight is 453 g/mol. The van der Waals surface area contributed by atoms with Crippen molar-refractivity contribution in [2.24, 2.45) is 17.6 Å². The van der Waals surface area contributed by atoms with Gasteiger partial charge in [0.25, 0.3) is 0 Å². The van der Waals surface area contributed by atoms with Gasteiger partial charge in [-0.15, -0.1) is 0 Å². The molecule has 7 nitrogen and oxygen atoms in total. The third-order valence-electron chi connectivity index (χ3n) is 7.84. The van der Waals surface area contributed by atoms with Gasteiger partial charge in [0.15, 0.2) is 11.5 Å². The number of imidazole rings is 1. The minimum atomic E-state index is -0.460. The molecule has 33 heavy (non-hydrogen) atoms. The van der Waals surface area contributed by atoms with Gasteiger partial charge in [0, 0.05) is 24.8 Å². The first kappa shape index (κ1) is 22.3. The zero-order chi connectivity index (χ0) is 22.9. The van der Waals surface area contributed by atoms with Crippen LogP contribution in [0.5, 0.6) is 11.5 Å². The van der Waals surface area contributed by atoms with Gasteiger partial charge >= 0.3 is 0 Å². The van der Waals surface area contributed by atoms with Crippen molar-refractivity contribution in [2.75, 3.05) is 13.3 Å². The van der Waals surface area contributed by atoms with Crippen LogP contribution < -0.4 is 15.2 Å². The molecule has 1 amide bonds. The molecule has 0 saturated heterocycles. The molecule has 178 valence electrons. The van der Waals surface area contributed by atoms with Crippen LogP contribution in [0.25, 0.3) is 11.3 Å². The van der Waals surface area contributed by atoms with Gasteiger partial charge in [0.1, 0.15) is 5.82 Å². The van der Waals surface area contributed by atoms with E-state index in [0.29, 0.717) is 12.5 Å². The number of hydrogen-bond acceptors (Lipinski definition) is 5. The van der Waals surface area contributed by atoms with Gasteiger partial charge in [-0.3, -0.25) is 4.79 Å². The first-order valence-corrected chi connectivity index (χ1v) is 12.6. The fraction of sp³-hybridized carbons (Fsp3) is 0.615. The summed E-state index contributed by atoms with van der Waals surface area (Å²) in [5.41, 5.74) is 8.34. The molecule has 5 rings (SSSR count). The summed E-state index contributed by atoms with van der Waals surface area (Å²) < 4.78 is 13.3. The molecule has 7 heteroatoms. The topological polar surface area (TPSA) is 82.6 Å². The average Bonchev–Trinajstić information content (AvgIpc) is 3.50. The molecular weight excluding hydrogens is 416 g/mol. The number of benzene rings is 1. The zero-order valence-electron chi connectivity index (χ0n) is 19.8. The van der Waals surface area contributed by atoms with Crippen LogP contribution in [0.15, 0.2) is 24.4 Å². The van der Waals surface area contributed by atoms with Crippen molar-refractivity contribution in [3.05, 3.63) is 30.2 Å². The first-order chi connectivity index (χ1) is 16.0. The van der Waals surface area contributed by atoms with Crippen molar-refractivity contribution in [1.29, 1.82) is 0 Å². The summed E-state index contributed by atoms with van der Waals surface area (Å²) in [6.07, 6.45) is 10.4. The lowest BCUT2D eigenvalue weighted by atomic mass is 9.83. The van der Waals surface area contributed by atoms with Crippen molar-refractivity contribution in [3.8, 4) is 22.8 Å². The molecule has 2 aliphatic heterocycles. The fourth-order valence-corrected chi connectivity index (χ4v) is 5.50. The molecule has 0 bridgehead atoms. The molecule has 1 aromatic heterocycles. The Morgan fingerprint density at radius 3 is 2.76 bits per heavy atom. The number of aromatic nitrogens is 2. The lowest BCUT2D eigenvalue weighted by molar-refractivity contribution is -0.138. The molecule has 2 aromatic rings. The largest absolute Gasteiger partial charge is 0.454 e. The van der Waals surface area contributed by atoms with Crippen molar-refractivity contribution in [3.63, 3.8) is 0 Å². The van der Waals surface area contributed by atoms with E-state index in [1.807, 2.05) is 23.1 Å². The second-order valence-electron chi connectivity index (χ2n) is 9.94. The highest BCUT2D eigenvalue weighted by Crippen LogP contribution is 2.40. The van der Waals surface area contributed by atoms with Gasteiger partial charge in [-0.25, -0.2) is 4.98 Å². The fourth-order valence-electron chi connectivity index (χ4n) is 5.50. The van der Waals surface area contributed by atoms with Crippen LogP contribution in [0.1, 0.15) is 70.7 Å². The Hall–Kier alpha value is -2.54. The lowest BCUT2D eigenvalue weighted by Gasteiger charge is -2.40. The van der Waals surface area contributed by atoms with Gasteiger partial charge in [-0.2, -0.15) is 0 Å². The number of amides is 1. The van der Waals surface area contributed by atoms with Crippen molar-refractivity contribution in [1.82, 2.24) is 14.5 Å². The molecular formula is C26H36N4O3. The molecule has 3 aliphatic rings. The maximum absolute atomic E-state index is 13.5. The van der Waals surface area contributed by atoms with E-state index >= 15 is 0 Å². The minimum Gasteiger partial charge on any atom is -0.454 e. The van der Waals surface area contributed by atoms with E-state index < -0.39 is 6.04 Å². The van der Waals surface area contributed by atoms with Crippen LogP contribution in [0.4, 0.5) is 0 Å². The molecule has 0 unspecified atom stereocenters. The first-order valence-electron chi connectivity index (χ1n) is 12.6. The maximum Gasteiger partial charge on any atom is 0.240 e. The summed E-state index contributed by atoms with van der Waals surface area (Å²) in [4.78, 5) is 20.6. The normalized spacial score (nSPS) is 22.2. The number of nitrogens with zero attached hydrogens (tertiary/aromatic N) is 3. The Kier molecular flexibility index (Phi) is 6.32. The smallest absolute Gasteiger partial charge is 0.240 e. The standard InChI is InChI=1S/C26H36N4O3/c1-3-17(2)24(27)26(31)30-12-11-29-15-20(19-9-10-22-23(14-19)33-16-32-22)28-25(29)21(30)13-18-7-5-4-6-8-18/h9-10,14-15,17-18,21,24H,3-8,11-13,16,27H2,1-2H3/t17-,21-,24-/m0/s1. The monoisotopic (exact) mass is 452 g/mol. The summed E-state index contributed by atoms with van der Waals surface area (Å²) in [7, 11) is 0. The lowest BCUT2D eigenvalue weighted by Crippen LogP contribution is -2.51. The SMILES string of the molecule is CC[C@H](C)[C@H](N)C(=O)N1CCn2cc(-c3ccc4c(c3)OCO4)nc2[C@@H]1CC1CCCCC1. The van der Waals surface area contributed by atoms with Gasteiger partial charge < -0.3 is 24.7 Å². The van der Waals surface area contributed by atoms with E-state index in [4.69, 9.17) is 20.2 Å². The Bertz CT molecular complexity index is 997. The summed E-state index contributed by atoms with van der Waals surface area (Å²) in [6.45, 7) is 5.85. The van der Waals surface area contributed by atoms with Crippen LogP contribution in [-0.2, 0) is 11.3 Å². The number of hydrogen-bond donors (Lipinski definition) is 1. The molecule has 1 fully saturated rings. The molecule has 0 spiro atoms. The van der Waals surface area contributed by atoms with Gasteiger partial charge in [-0.1, -0.05) is 52.4 Å². The molecule has 2 N–H and O–H groups in total. The number of ether oxygens (including phenoxy) is 2. The summed E-state index contributed by atoms with van der Waals surface area (Å²) in [5.74, 6) is 3.39. The van der Waals surface area contributed by atoms with Crippen molar-refractivity contribution < 1.29 is 14.3 Å². The van der Waals surface area contributed by atoms with Crippen LogP contribution >= 0.6 is 0 Å². The third-order valence-corrected chi connectivity index (χ3v) is 7.84. The molecule has 0 radical (unpaired) electrons. The second-order valence-corrected chi connectivity index (χ2v) is 9.94. The van der Waals surface area contributed by atoms with Crippen molar-refractivity contribution >= 4 is 5.91 Å².